The van der Waals surface area contributed by atoms with Crippen LogP contribution in [-0.2, 0) is 6.42 Å². The van der Waals surface area contributed by atoms with Crippen LogP contribution in [0.3, 0.4) is 0 Å². The fourth-order valence-electron chi connectivity index (χ4n) is 1.99. The molecule has 0 fully saturated rings. The van der Waals surface area contributed by atoms with Crippen molar-refractivity contribution in [3.63, 3.8) is 0 Å². The molecule has 18 heavy (non-hydrogen) atoms. The van der Waals surface area contributed by atoms with Gasteiger partial charge in [0.1, 0.15) is 0 Å². The Morgan fingerprint density at radius 2 is 2.22 bits per heavy atom. The number of halogens is 1. The summed E-state index contributed by atoms with van der Waals surface area (Å²) in [6, 6.07) is 6.84. The number of aromatic nitrogens is 1. The van der Waals surface area contributed by atoms with E-state index in [2.05, 4.69) is 58.3 Å². The van der Waals surface area contributed by atoms with Gasteiger partial charge in [0.15, 0.2) is 0 Å². The van der Waals surface area contributed by atoms with Gasteiger partial charge in [-0.25, -0.2) is 0 Å². The summed E-state index contributed by atoms with van der Waals surface area (Å²) in [5, 5.41) is 3.54. The molecule has 1 N–H and O–H groups in total. The van der Waals surface area contributed by atoms with Gasteiger partial charge in [0.05, 0.1) is 3.79 Å². The molecule has 0 saturated heterocycles. The number of nitrogens with zero attached hydrogens (tertiary/aromatic N) is 1. The van der Waals surface area contributed by atoms with Crippen molar-refractivity contribution >= 4 is 27.3 Å². The lowest BCUT2D eigenvalue weighted by Gasteiger charge is -2.17. The predicted octanol–water partition coefficient (Wildman–Crippen LogP) is 4.11. The maximum atomic E-state index is 4.29. The van der Waals surface area contributed by atoms with Gasteiger partial charge in [0, 0.05) is 29.7 Å². The van der Waals surface area contributed by atoms with Gasteiger partial charge in [-0.05, 0) is 52.7 Å². The first-order valence-electron chi connectivity index (χ1n) is 6.08. The van der Waals surface area contributed by atoms with E-state index in [0.29, 0.717) is 6.04 Å². The van der Waals surface area contributed by atoms with Gasteiger partial charge in [-0.15, -0.1) is 11.3 Å². The average molecular weight is 325 g/mol. The third-order valence-corrected chi connectivity index (χ3v) is 4.43. The van der Waals surface area contributed by atoms with E-state index < -0.39 is 0 Å². The van der Waals surface area contributed by atoms with Crippen LogP contribution in [0.4, 0.5) is 0 Å². The molecule has 0 radical (unpaired) electrons. The molecule has 1 atom stereocenters. The Labute approximate surface area is 121 Å². The minimum atomic E-state index is 0.341. The molecule has 4 heteroatoms. The van der Waals surface area contributed by atoms with E-state index in [4.69, 9.17) is 0 Å². The lowest BCUT2D eigenvalue weighted by Crippen LogP contribution is -2.22. The second-order valence-electron chi connectivity index (χ2n) is 4.32. The summed E-state index contributed by atoms with van der Waals surface area (Å²) in [4.78, 5) is 5.67. The van der Waals surface area contributed by atoms with Crippen LogP contribution >= 0.6 is 27.3 Å². The Morgan fingerprint density at radius 1 is 1.39 bits per heavy atom. The van der Waals surface area contributed by atoms with Crippen molar-refractivity contribution in [1.29, 1.82) is 0 Å². The highest BCUT2D eigenvalue weighted by Gasteiger charge is 2.12. The number of rotatable bonds is 5. The van der Waals surface area contributed by atoms with Crippen LogP contribution < -0.4 is 5.32 Å². The van der Waals surface area contributed by atoms with Crippen molar-refractivity contribution in [2.24, 2.45) is 0 Å². The van der Waals surface area contributed by atoms with Crippen LogP contribution in [0.5, 0.6) is 0 Å². The zero-order valence-electron chi connectivity index (χ0n) is 10.6. The van der Waals surface area contributed by atoms with Gasteiger partial charge in [-0.3, -0.25) is 4.98 Å². The van der Waals surface area contributed by atoms with E-state index in [1.807, 2.05) is 12.4 Å². The number of hydrogen-bond acceptors (Lipinski definition) is 3. The summed E-state index contributed by atoms with van der Waals surface area (Å²) in [5.74, 6) is 0. The van der Waals surface area contributed by atoms with Crippen LogP contribution in [-0.4, -0.2) is 11.5 Å². The first kappa shape index (κ1) is 13.7. The zero-order valence-corrected chi connectivity index (χ0v) is 13.0. The normalized spacial score (nSPS) is 12.6. The van der Waals surface area contributed by atoms with Crippen molar-refractivity contribution in [3.8, 4) is 0 Å². The molecule has 1 unspecified atom stereocenters. The second-order valence-corrected chi connectivity index (χ2v) is 6.86. The van der Waals surface area contributed by atoms with Crippen molar-refractivity contribution < 1.29 is 0 Å². The summed E-state index contributed by atoms with van der Waals surface area (Å²) in [5.41, 5.74) is 2.48. The van der Waals surface area contributed by atoms with Crippen molar-refractivity contribution in [3.05, 3.63) is 50.4 Å². The molecule has 2 aromatic heterocycles. The molecule has 2 aromatic rings. The van der Waals surface area contributed by atoms with Gasteiger partial charge in [-0.2, -0.15) is 0 Å². The standard InChI is InChI=1S/C14H17BrN2S/c1-3-17-13(7-12-4-5-14(15)18-12)11-6-10(2)8-16-9-11/h4-6,8-9,13,17H,3,7H2,1-2H3. The van der Waals surface area contributed by atoms with E-state index in [0.717, 1.165) is 13.0 Å². The van der Waals surface area contributed by atoms with Crippen LogP contribution in [0.1, 0.15) is 29.0 Å². The number of thiophene rings is 1. The van der Waals surface area contributed by atoms with Crippen LogP contribution in [0.25, 0.3) is 0 Å². The number of nitrogens with one attached hydrogen (secondary N) is 1. The summed E-state index contributed by atoms with van der Waals surface area (Å²) in [6.45, 7) is 5.19. The van der Waals surface area contributed by atoms with Crippen molar-refractivity contribution in [1.82, 2.24) is 10.3 Å². The van der Waals surface area contributed by atoms with E-state index in [1.54, 1.807) is 11.3 Å². The smallest absolute Gasteiger partial charge is 0.0701 e. The van der Waals surface area contributed by atoms with Gasteiger partial charge in [-0.1, -0.05) is 13.0 Å². The molecule has 0 aliphatic carbocycles. The maximum Gasteiger partial charge on any atom is 0.0701 e. The highest BCUT2D eigenvalue weighted by Crippen LogP contribution is 2.27. The molecule has 2 heterocycles. The molecular weight excluding hydrogens is 308 g/mol. The summed E-state index contributed by atoms with van der Waals surface area (Å²) in [6.07, 6.45) is 4.87. The van der Waals surface area contributed by atoms with E-state index in [1.165, 1.54) is 19.8 Å². The summed E-state index contributed by atoms with van der Waals surface area (Å²) >= 11 is 5.31. The molecule has 2 nitrogen and oxygen atoms in total. The molecule has 2 rings (SSSR count). The minimum Gasteiger partial charge on any atom is -0.310 e. The monoisotopic (exact) mass is 324 g/mol. The summed E-state index contributed by atoms with van der Waals surface area (Å²) < 4.78 is 1.19. The number of aryl methyl sites for hydroxylation is 1. The van der Waals surface area contributed by atoms with E-state index >= 15 is 0 Å². The molecule has 0 aromatic carbocycles. The summed E-state index contributed by atoms with van der Waals surface area (Å²) in [7, 11) is 0. The average Bonchev–Trinajstić information content (AvgIpc) is 2.74. The lowest BCUT2D eigenvalue weighted by molar-refractivity contribution is 0.551. The Bertz CT molecular complexity index is 510. The largest absolute Gasteiger partial charge is 0.310 e. The molecular formula is C14H17BrN2S. The van der Waals surface area contributed by atoms with Crippen molar-refractivity contribution in [2.45, 2.75) is 26.3 Å². The fraction of sp³-hybridized carbons (Fsp3) is 0.357. The number of pyridine rings is 1. The minimum absolute atomic E-state index is 0.341. The molecule has 0 bridgehead atoms. The molecule has 0 aliphatic heterocycles. The highest BCUT2D eigenvalue weighted by molar-refractivity contribution is 9.11. The third-order valence-electron chi connectivity index (χ3n) is 2.78. The van der Waals surface area contributed by atoms with Gasteiger partial charge >= 0.3 is 0 Å². The maximum absolute atomic E-state index is 4.29. The Hall–Kier alpha value is -0.710. The Kier molecular flexibility index (Phi) is 4.92. The SMILES string of the molecule is CCNC(Cc1ccc(Br)s1)c1cncc(C)c1. The first-order chi connectivity index (χ1) is 8.69. The van der Waals surface area contributed by atoms with Gasteiger partial charge in [0.25, 0.3) is 0 Å². The Balaban J connectivity index is 2.17. The van der Waals surface area contributed by atoms with E-state index in [-0.39, 0.29) is 0 Å². The van der Waals surface area contributed by atoms with Crippen LogP contribution in [0.2, 0.25) is 0 Å². The number of hydrogen-bond donors (Lipinski definition) is 1. The molecule has 0 saturated carbocycles. The van der Waals surface area contributed by atoms with Gasteiger partial charge < -0.3 is 5.32 Å². The lowest BCUT2D eigenvalue weighted by atomic mass is 10.0. The van der Waals surface area contributed by atoms with Gasteiger partial charge in [0.2, 0.25) is 0 Å². The third kappa shape index (κ3) is 3.64. The molecule has 0 spiro atoms. The second kappa shape index (κ2) is 6.45. The zero-order chi connectivity index (χ0) is 13.0. The fourth-order valence-corrected chi connectivity index (χ4v) is 3.51. The topological polar surface area (TPSA) is 24.9 Å². The van der Waals surface area contributed by atoms with Crippen LogP contribution in [0.15, 0.2) is 34.4 Å². The Morgan fingerprint density at radius 3 is 2.83 bits per heavy atom. The molecule has 0 amide bonds. The van der Waals surface area contributed by atoms with E-state index in [9.17, 15) is 0 Å². The highest BCUT2D eigenvalue weighted by atomic mass is 79.9. The quantitative estimate of drug-likeness (QED) is 0.895. The first-order valence-corrected chi connectivity index (χ1v) is 7.69. The van der Waals surface area contributed by atoms with Crippen LogP contribution in [0, 0.1) is 6.92 Å². The molecule has 96 valence electrons. The van der Waals surface area contributed by atoms with Crippen molar-refractivity contribution in [2.75, 3.05) is 6.54 Å². The predicted molar refractivity (Wildman–Crippen MR) is 81.1 cm³/mol. The number of likely N-dealkylation sites (N-methyl/N-ethyl adjacent to an activating group) is 1. The molecule has 0 aliphatic rings.